The summed E-state index contributed by atoms with van der Waals surface area (Å²) in [7, 11) is -3.58. The molecule has 1 aromatic rings. The molecule has 1 aliphatic heterocycles. The van der Waals surface area contributed by atoms with Crippen molar-refractivity contribution in [1.29, 1.82) is 0 Å². The van der Waals surface area contributed by atoms with Crippen LogP contribution < -0.4 is 5.32 Å². The largest absolute Gasteiger partial charge is 0.355 e. The Morgan fingerprint density at radius 3 is 2.48 bits per heavy atom. The van der Waals surface area contributed by atoms with Crippen LogP contribution in [0.25, 0.3) is 0 Å². The smallest absolute Gasteiger partial charge is 0.223 e. The van der Waals surface area contributed by atoms with Gasteiger partial charge in [-0.15, -0.1) is 0 Å². The second-order valence-corrected chi connectivity index (χ2v) is 11.3. The van der Waals surface area contributed by atoms with E-state index in [1.807, 2.05) is 11.8 Å². The number of carbonyl (C=O) groups is 1. The fourth-order valence-corrected chi connectivity index (χ4v) is 6.87. The molecule has 2 fully saturated rings. The number of piperidine rings is 1. The number of hydrogen-bond donors (Lipinski definition) is 1. The van der Waals surface area contributed by atoms with Gasteiger partial charge in [0.05, 0.1) is 5.75 Å². The molecule has 1 saturated heterocycles. The summed E-state index contributed by atoms with van der Waals surface area (Å²) in [4.78, 5) is 12.4. The Bertz CT molecular complexity index is 774. The second kappa shape index (κ2) is 10.8. The Kier molecular flexibility index (Phi) is 8.38. The van der Waals surface area contributed by atoms with Crippen LogP contribution >= 0.6 is 11.8 Å². The van der Waals surface area contributed by atoms with E-state index in [4.69, 9.17) is 0 Å². The number of thioether (sulfide) groups is 1. The minimum Gasteiger partial charge on any atom is -0.355 e. The van der Waals surface area contributed by atoms with Crippen LogP contribution in [0.1, 0.15) is 50.5 Å². The van der Waals surface area contributed by atoms with Gasteiger partial charge in [-0.05, 0) is 31.7 Å². The Balaban J connectivity index is 1.38. The van der Waals surface area contributed by atoms with Crippen molar-refractivity contribution in [3.05, 3.63) is 35.6 Å². The zero-order valence-corrected chi connectivity index (χ0v) is 18.4. The average molecular weight is 443 g/mol. The van der Waals surface area contributed by atoms with Gasteiger partial charge in [-0.1, -0.05) is 37.5 Å². The zero-order chi connectivity index (χ0) is 20.7. The number of hydrogen-bond acceptors (Lipinski definition) is 4. The third kappa shape index (κ3) is 6.69. The van der Waals surface area contributed by atoms with Crippen LogP contribution in [-0.4, -0.2) is 49.3 Å². The van der Waals surface area contributed by atoms with E-state index in [1.165, 1.54) is 48.5 Å². The molecule has 0 atom stereocenters. The molecule has 0 aromatic heterocycles. The molecular weight excluding hydrogens is 411 g/mol. The Morgan fingerprint density at radius 2 is 1.79 bits per heavy atom. The first-order valence-electron chi connectivity index (χ1n) is 10.6. The summed E-state index contributed by atoms with van der Waals surface area (Å²) >= 11 is 1.96. The number of nitrogens with zero attached hydrogens (tertiary/aromatic N) is 1. The number of sulfonamides is 1. The van der Waals surface area contributed by atoms with Gasteiger partial charge in [-0.3, -0.25) is 4.79 Å². The number of benzene rings is 1. The van der Waals surface area contributed by atoms with Gasteiger partial charge in [0.1, 0.15) is 5.82 Å². The summed E-state index contributed by atoms with van der Waals surface area (Å²) in [6.07, 6.45) is 7.60. The van der Waals surface area contributed by atoms with Gasteiger partial charge in [-0.25, -0.2) is 17.1 Å². The van der Waals surface area contributed by atoms with Gasteiger partial charge in [0.2, 0.25) is 15.9 Å². The molecule has 2 aliphatic rings. The molecule has 0 unspecified atom stereocenters. The monoisotopic (exact) mass is 442 g/mol. The van der Waals surface area contributed by atoms with Crippen molar-refractivity contribution in [3.8, 4) is 0 Å². The standard InChI is InChI=1S/C21H31FN2O3S2/c22-20-9-5-4-6-18(20)16-29(26,27)24-13-10-17(11-14-24)21(25)23-12-15-28-19-7-2-1-3-8-19/h4-6,9,17,19H,1-3,7-8,10-16H2,(H,23,25). The predicted octanol–water partition coefficient (Wildman–Crippen LogP) is 3.55. The Labute approximate surface area is 177 Å². The van der Waals surface area contributed by atoms with Crippen molar-refractivity contribution < 1.29 is 17.6 Å². The first-order valence-corrected chi connectivity index (χ1v) is 13.2. The maximum Gasteiger partial charge on any atom is 0.223 e. The topological polar surface area (TPSA) is 66.5 Å². The first kappa shape index (κ1) is 22.6. The number of nitrogens with one attached hydrogen (secondary N) is 1. The first-order chi connectivity index (χ1) is 14.0. The molecule has 1 amide bonds. The molecule has 1 aromatic carbocycles. The molecule has 0 bridgehead atoms. The third-order valence-electron chi connectivity index (χ3n) is 5.82. The van der Waals surface area contributed by atoms with E-state index < -0.39 is 15.8 Å². The highest BCUT2D eigenvalue weighted by Gasteiger charge is 2.31. The summed E-state index contributed by atoms with van der Waals surface area (Å²) in [6, 6.07) is 5.95. The summed E-state index contributed by atoms with van der Waals surface area (Å²) in [5.41, 5.74) is 0.183. The molecule has 29 heavy (non-hydrogen) atoms. The zero-order valence-electron chi connectivity index (χ0n) is 16.8. The van der Waals surface area contributed by atoms with E-state index in [0.717, 1.165) is 11.0 Å². The molecule has 162 valence electrons. The maximum atomic E-state index is 13.8. The van der Waals surface area contributed by atoms with E-state index >= 15 is 0 Å². The Morgan fingerprint density at radius 1 is 1.10 bits per heavy atom. The van der Waals surface area contributed by atoms with Gasteiger partial charge < -0.3 is 5.32 Å². The Hall–Kier alpha value is -1.12. The minimum absolute atomic E-state index is 0.0281. The second-order valence-electron chi connectivity index (χ2n) is 7.94. The molecule has 0 spiro atoms. The van der Waals surface area contributed by atoms with Crippen molar-refractivity contribution in [2.24, 2.45) is 5.92 Å². The van der Waals surface area contributed by atoms with E-state index in [-0.39, 0.29) is 23.1 Å². The lowest BCUT2D eigenvalue weighted by atomic mass is 9.97. The quantitative estimate of drug-likeness (QED) is 0.626. The van der Waals surface area contributed by atoms with Crippen LogP contribution in [0.5, 0.6) is 0 Å². The van der Waals surface area contributed by atoms with Gasteiger partial charge in [0.25, 0.3) is 0 Å². The van der Waals surface area contributed by atoms with Crippen LogP contribution in [0, 0.1) is 11.7 Å². The van der Waals surface area contributed by atoms with Gasteiger partial charge in [-0.2, -0.15) is 11.8 Å². The molecule has 1 saturated carbocycles. The number of carbonyl (C=O) groups excluding carboxylic acids is 1. The SMILES string of the molecule is O=C(NCCSC1CCCCC1)C1CCN(S(=O)(=O)Cc2ccccc2F)CC1. The lowest BCUT2D eigenvalue weighted by molar-refractivity contribution is -0.125. The molecule has 0 radical (unpaired) electrons. The van der Waals surface area contributed by atoms with Crippen molar-refractivity contribution in [1.82, 2.24) is 9.62 Å². The lowest BCUT2D eigenvalue weighted by Gasteiger charge is -2.30. The van der Waals surface area contributed by atoms with Gasteiger partial charge in [0, 0.05) is 42.1 Å². The third-order valence-corrected chi connectivity index (χ3v) is 9.03. The van der Waals surface area contributed by atoms with Crippen molar-refractivity contribution in [2.75, 3.05) is 25.4 Å². The molecule has 1 aliphatic carbocycles. The summed E-state index contributed by atoms with van der Waals surface area (Å²) < 4.78 is 40.4. The summed E-state index contributed by atoms with van der Waals surface area (Å²) in [5.74, 6) is -0.0206. The van der Waals surface area contributed by atoms with Crippen LogP contribution in [0.4, 0.5) is 4.39 Å². The summed E-state index contributed by atoms with van der Waals surface area (Å²) in [6.45, 7) is 1.29. The highest BCUT2D eigenvalue weighted by atomic mass is 32.2. The number of halogens is 1. The van der Waals surface area contributed by atoms with Crippen molar-refractivity contribution in [3.63, 3.8) is 0 Å². The summed E-state index contributed by atoms with van der Waals surface area (Å²) in [5, 5.41) is 3.75. The van der Waals surface area contributed by atoms with Crippen molar-refractivity contribution >= 4 is 27.7 Å². The molecule has 1 heterocycles. The van der Waals surface area contributed by atoms with Crippen LogP contribution in [0.2, 0.25) is 0 Å². The normalized spacial score (nSPS) is 19.9. The lowest BCUT2D eigenvalue weighted by Crippen LogP contribution is -2.43. The average Bonchev–Trinajstić information content (AvgIpc) is 2.73. The number of amides is 1. The maximum absolute atomic E-state index is 13.8. The predicted molar refractivity (Wildman–Crippen MR) is 116 cm³/mol. The van der Waals surface area contributed by atoms with Crippen molar-refractivity contribution in [2.45, 2.75) is 55.9 Å². The number of rotatable bonds is 8. The highest BCUT2D eigenvalue weighted by molar-refractivity contribution is 7.99. The van der Waals surface area contributed by atoms with Crippen LogP contribution in [0.3, 0.4) is 0 Å². The molecule has 1 N–H and O–H groups in total. The van der Waals surface area contributed by atoms with E-state index in [9.17, 15) is 17.6 Å². The van der Waals surface area contributed by atoms with Gasteiger partial charge in [0.15, 0.2) is 0 Å². The molecule has 5 nitrogen and oxygen atoms in total. The fourth-order valence-electron chi connectivity index (χ4n) is 4.08. The fraction of sp³-hybridized carbons (Fsp3) is 0.667. The van der Waals surface area contributed by atoms with E-state index in [0.29, 0.717) is 32.5 Å². The van der Waals surface area contributed by atoms with E-state index in [1.54, 1.807) is 12.1 Å². The van der Waals surface area contributed by atoms with E-state index in [2.05, 4.69) is 5.32 Å². The molecule has 8 heteroatoms. The van der Waals surface area contributed by atoms with Crippen LogP contribution in [-0.2, 0) is 20.6 Å². The molecular formula is C21H31FN2O3S2. The minimum atomic E-state index is -3.58. The van der Waals surface area contributed by atoms with Gasteiger partial charge >= 0.3 is 0 Å². The van der Waals surface area contributed by atoms with Crippen LogP contribution in [0.15, 0.2) is 24.3 Å². The highest BCUT2D eigenvalue weighted by Crippen LogP contribution is 2.28. The molecule has 3 rings (SSSR count).